The van der Waals surface area contributed by atoms with E-state index in [1.54, 1.807) is 0 Å². The maximum absolute atomic E-state index is 10.7. The molecule has 0 saturated carbocycles. The molecule has 172 valence electrons. The molecule has 10 nitrogen and oxygen atoms in total. The van der Waals surface area contributed by atoms with E-state index in [2.05, 4.69) is 6.92 Å². The summed E-state index contributed by atoms with van der Waals surface area (Å²) in [5.41, 5.74) is 0. The van der Waals surface area contributed by atoms with Crippen LogP contribution in [0.25, 0.3) is 0 Å². The second-order valence-corrected chi connectivity index (χ2v) is 7.42. The number of carboxylic acid groups (broad SMARTS) is 1. The van der Waals surface area contributed by atoms with Crippen LogP contribution in [-0.4, -0.2) is 113 Å². The van der Waals surface area contributed by atoms with Gasteiger partial charge in [-0.2, -0.15) is 0 Å². The summed E-state index contributed by atoms with van der Waals surface area (Å²) in [6.45, 7) is 2.16. The standard InChI is InChI=1S/C18H36O10.Ca.2H/c1-2-3-4-5-6-7-8-9-10-11-12-13-15(21,22)17(25,26)18(27,28)16(23,24)14(19)20;;;/h21-28H,2-13H2,1H3,(H,19,20);;;/q;+2;2*-1. The van der Waals surface area contributed by atoms with Gasteiger partial charge in [-0.1, -0.05) is 71.1 Å². The Hall–Kier alpha value is 0.410. The molecule has 0 saturated heterocycles. The van der Waals surface area contributed by atoms with E-state index in [0.29, 0.717) is 6.42 Å². The number of unbranched alkanes of at least 4 members (excludes halogenated alkanes) is 10. The maximum Gasteiger partial charge on any atom is 2.00 e. The van der Waals surface area contributed by atoms with Crippen molar-refractivity contribution in [3.63, 3.8) is 0 Å². The van der Waals surface area contributed by atoms with Gasteiger partial charge in [-0.3, -0.25) is 0 Å². The van der Waals surface area contributed by atoms with Crippen molar-refractivity contribution in [3.05, 3.63) is 0 Å². The molecular formula is C18H38CaO10. The second-order valence-electron chi connectivity index (χ2n) is 7.42. The van der Waals surface area contributed by atoms with Gasteiger partial charge in [-0.25, -0.2) is 4.79 Å². The van der Waals surface area contributed by atoms with Crippen molar-refractivity contribution in [1.29, 1.82) is 0 Å². The fourth-order valence-electron chi connectivity index (χ4n) is 2.88. The monoisotopic (exact) mass is 454 g/mol. The van der Waals surface area contributed by atoms with E-state index in [9.17, 15) is 45.6 Å². The molecule has 0 fully saturated rings. The Morgan fingerprint density at radius 1 is 0.655 bits per heavy atom. The number of carboxylic acids is 1. The molecule has 0 aliphatic heterocycles. The van der Waals surface area contributed by atoms with E-state index in [1.807, 2.05) is 0 Å². The van der Waals surface area contributed by atoms with Crippen LogP contribution in [0.5, 0.6) is 0 Å². The van der Waals surface area contributed by atoms with Gasteiger partial charge in [-0.15, -0.1) is 0 Å². The SMILES string of the molecule is CCCCCCCCCCCCCC(O)(O)C(O)(O)C(O)(O)C(O)(O)C(=O)O.[Ca+2].[H-].[H-]. The van der Waals surface area contributed by atoms with E-state index in [4.69, 9.17) is 5.11 Å². The Kier molecular flexibility index (Phi) is 15.0. The minimum atomic E-state index is -4.59. The van der Waals surface area contributed by atoms with E-state index < -0.39 is 35.5 Å². The van der Waals surface area contributed by atoms with Crippen molar-refractivity contribution in [2.45, 2.75) is 107 Å². The molecule has 0 aromatic carbocycles. The molecule has 0 unspecified atom stereocenters. The van der Waals surface area contributed by atoms with Crippen molar-refractivity contribution < 1.29 is 53.6 Å². The number of carbonyl (C=O) groups is 1. The molecule has 0 aromatic rings. The normalized spacial score (nSPS) is 13.3. The minimum Gasteiger partial charge on any atom is -1.00 e. The third-order valence-corrected chi connectivity index (χ3v) is 4.96. The smallest absolute Gasteiger partial charge is 1.00 e. The Morgan fingerprint density at radius 2 is 1.00 bits per heavy atom. The number of aliphatic hydroxyl groups is 8. The van der Waals surface area contributed by atoms with Crippen LogP contribution in [0.15, 0.2) is 0 Å². The number of aliphatic carboxylic acids is 1. The van der Waals surface area contributed by atoms with E-state index in [-0.39, 0.29) is 47.0 Å². The largest absolute Gasteiger partial charge is 2.00 e. The van der Waals surface area contributed by atoms with Crippen LogP contribution >= 0.6 is 0 Å². The summed E-state index contributed by atoms with van der Waals surface area (Å²) >= 11 is 0. The first-order valence-corrected chi connectivity index (χ1v) is 9.78. The van der Waals surface area contributed by atoms with Gasteiger partial charge in [-0.05, 0) is 6.42 Å². The van der Waals surface area contributed by atoms with Crippen molar-refractivity contribution in [1.82, 2.24) is 0 Å². The molecule has 0 spiro atoms. The Labute approximate surface area is 203 Å². The quantitative estimate of drug-likeness (QED) is 0.0819. The minimum absolute atomic E-state index is 0. The van der Waals surface area contributed by atoms with Gasteiger partial charge in [0.05, 0.1) is 0 Å². The fourth-order valence-corrected chi connectivity index (χ4v) is 2.88. The van der Waals surface area contributed by atoms with Gasteiger partial charge in [0.25, 0.3) is 11.6 Å². The van der Waals surface area contributed by atoms with Crippen LogP contribution in [0, 0.1) is 0 Å². The van der Waals surface area contributed by atoms with Gasteiger partial charge in [0.15, 0.2) is 0 Å². The topological polar surface area (TPSA) is 199 Å². The third kappa shape index (κ3) is 8.82. The predicted octanol–water partition coefficient (Wildman–Crippen LogP) is -0.660. The summed E-state index contributed by atoms with van der Waals surface area (Å²) in [7, 11) is 0. The Balaban J connectivity index is -0.00000121. The van der Waals surface area contributed by atoms with Crippen LogP contribution < -0.4 is 0 Å². The summed E-state index contributed by atoms with van der Waals surface area (Å²) in [6, 6.07) is 0. The number of rotatable bonds is 16. The molecule has 11 heteroatoms. The van der Waals surface area contributed by atoms with Gasteiger partial charge in [0.1, 0.15) is 0 Å². The molecule has 0 aliphatic carbocycles. The number of hydrogen-bond acceptors (Lipinski definition) is 9. The third-order valence-electron chi connectivity index (χ3n) is 4.96. The molecule has 0 aromatic heterocycles. The zero-order chi connectivity index (χ0) is 22.1. The molecule has 0 bridgehead atoms. The molecule has 0 heterocycles. The van der Waals surface area contributed by atoms with Gasteiger partial charge in [0.2, 0.25) is 5.79 Å². The first-order chi connectivity index (χ1) is 12.8. The molecule has 9 N–H and O–H groups in total. The number of hydrogen-bond donors (Lipinski definition) is 9. The molecule has 0 radical (unpaired) electrons. The zero-order valence-corrected chi connectivity index (χ0v) is 19.3. The summed E-state index contributed by atoms with van der Waals surface area (Å²) in [4.78, 5) is 10.7. The van der Waals surface area contributed by atoms with Gasteiger partial charge < -0.3 is 48.8 Å². The Morgan fingerprint density at radius 3 is 1.34 bits per heavy atom. The summed E-state index contributed by atoms with van der Waals surface area (Å²) in [5, 5.41) is 84.9. The first-order valence-electron chi connectivity index (χ1n) is 9.78. The van der Waals surface area contributed by atoms with Crippen LogP contribution in [0.3, 0.4) is 0 Å². The first kappa shape index (κ1) is 31.6. The van der Waals surface area contributed by atoms with Crippen LogP contribution in [-0.2, 0) is 4.79 Å². The van der Waals surface area contributed by atoms with Crippen molar-refractivity contribution >= 4 is 43.7 Å². The maximum atomic E-state index is 10.7. The summed E-state index contributed by atoms with van der Waals surface area (Å²) in [6.07, 6.45) is 9.55. The average Bonchev–Trinajstić information content (AvgIpc) is 2.58. The van der Waals surface area contributed by atoms with Crippen molar-refractivity contribution in [2.75, 3.05) is 0 Å². The van der Waals surface area contributed by atoms with E-state index in [1.165, 1.54) is 25.7 Å². The molecule has 0 aliphatic rings. The fraction of sp³-hybridized carbons (Fsp3) is 0.944. The van der Waals surface area contributed by atoms with Crippen molar-refractivity contribution in [2.24, 2.45) is 0 Å². The summed E-state index contributed by atoms with van der Waals surface area (Å²) < 4.78 is 0. The molecular weight excluding hydrogens is 416 g/mol. The molecule has 0 atom stereocenters. The Bertz CT molecular complexity index is 476. The van der Waals surface area contributed by atoms with Crippen molar-refractivity contribution in [3.8, 4) is 0 Å². The van der Waals surface area contributed by atoms with Gasteiger partial charge in [0, 0.05) is 6.42 Å². The molecule has 0 rings (SSSR count). The van der Waals surface area contributed by atoms with E-state index in [0.717, 1.165) is 32.1 Å². The zero-order valence-electron chi connectivity index (χ0n) is 19.1. The van der Waals surface area contributed by atoms with Gasteiger partial charge >= 0.3 is 49.5 Å². The second kappa shape index (κ2) is 13.7. The van der Waals surface area contributed by atoms with Crippen LogP contribution in [0.2, 0.25) is 0 Å². The van der Waals surface area contributed by atoms with Crippen LogP contribution in [0.4, 0.5) is 0 Å². The van der Waals surface area contributed by atoms with Crippen LogP contribution in [0.1, 0.15) is 86.8 Å². The molecule has 29 heavy (non-hydrogen) atoms. The average molecular weight is 455 g/mol. The van der Waals surface area contributed by atoms with E-state index >= 15 is 0 Å². The predicted molar refractivity (Wildman–Crippen MR) is 105 cm³/mol. The summed E-state index contributed by atoms with van der Waals surface area (Å²) in [5.74, 6) is -19.7. The molecule has 0 amide bonds.